The normalized spacial score (nSPS) is 11.4. The average Bonchev–Trinajstić information content (AvgIpc) is 1.59. The molecule has 9 heavy (non-hydrogen) atoms. The molecule has 0 aromatic heterocycles. The monoisotopic (exact) mass is 157 g/mol. The Morgan fingerprint density at radius 1 is 1.44 bits per heavy atom. The van der Waals surface area contributed by atoms with Crippen LogP contribution in [0.15, 0.2) is 0 Å². The van der Waals surface area contributed by atoms with Gasteiger partial charge in [0.25, 0.3) is 0 Å². The van der Waals surface area contributed by atoms with E-state index in [2.05, 4.69) is 4.52 Å². The second-order valence-corrected chi connectivity index (χ2v) is 2.47. The number of rotatable bonds is 3. The van der Waals surface area contributed by atoms with Gasteiger partial charge in [0, 0.05) is 0 Å². The van der Waals surface area contributed by atoms with Crippen LogP contribution in [0.4, 0.5) is 0 Å². The molecule has 0 heterocycles. The van der Waals surface area contributed by atoms with Crippen molar-refractivity contribution in [3.8, 4) is 0 Å². The fourth-order valence-electron chi connectivity index (χ4n) is 0.142. The Hall–Kier alpha value is -0.260. The molecule has 6 nitrogen and oxygen atoms in total. The van der Waals surface area contributed by atoms with E-state index < -0.39 is 20.7 Å². The fraction of sp³-hybridized carbons (Fsp3) is 0.500. The third-order valence-corrected chi connectivity index (χ3v) is 0.837. The van der Waals surface area contributed by atoms with E-state index in [1.807, 2.05) is 0 Å². The summed E-state index contributed by atoms with van der Waals surface area (Å²) in [7, 11) is -4.35. The Labute approximate surface area is 51.0 Å². The molecule has 7 heteroatoms. The van der Waals surface area contributed by atoms with Crippen LogP contribution < -0.4 is 0 Å². The van der Waals surface area contributed by atoms with Gasteiger partial charge in [0.1, 0.15) is 0 Å². The lowest BCUT2D eigenvalue weighted by molar-refractivity contribution is -0.140. The van der Waals surface area contributed by atoms with E-state index >= 15 is 0 Å². The number of carboxylic acids is 1. The number of hydrogen-bond acceptors (Lipinski definition) is 5. The van der Waals surface area contributed by atoms with Crippen molar-refractivity contribution >= 4 is 14.1 Å². The second-order valence-electron chi connectivity index (χ2n) is 1.18. The molecule has 0 spiro atoms. The molecule has 0 fully saturated rings. The standard InChI is InChI=1S/C2H5O6P/c3-2(4)1-8-9(5,6)7/h5-7H,1H2/p+1. The van der Waals surface area contributed by atoms with Gasteiger partial charge in [-0.1, -0.05) is 0 Å². The molecule has 0 aromatic rings. The highest BCUT2D eigenvalue weighted by atomic mass is 31.2. The van der Waals surface area contributed by atoms with Crippen LogP contribution in [0.3, 0.4) is 0 Å². The summed E-state index contributed by atoms with van der Waals surface area (Å²) in [6.07, 6.45) is 0. The van der Waals surface area contributed by atoms with Gasteiger partial charge < -0.3 is 5.11 Å². The van der Waals surface area contributed by atoms with E-state index in [0.29, 0.717) is 0 Å². The molecule has 0 saturated heterocycles. The smallest absolute Gasteiger partial charge is 0.479 e. The highest BCUT2D eigenvalue weighted by molar-refractivity contribution is 7.53. The van der Waals surface area contributed by atoms with E-state index in [0.717, 1.165) is 0 Å². The molecular formula is C2H6O6P+. The largest absolute Gasteiger partial charge is 0.567 e. The van der Waals surface area contributed by atoms with Crippen molar-refractivity contribution in [2.24, 2.45) is 0 Å². The predicted octanol–water partition coefficient (Wildman–Crippen LogP) is -1.26. The van der Waals surface area contributed by atoms with Crippen molar-refractivity contribution in [2.45, 2.75) is 0 Å². The van der Waals surface area contributed by atoms with Gasteiger partial charge in [-0.05, 0) is 0 Å². The van der Waals surface area contributed by atoms with Crippen LogP contribution in [0.1, 0.15) is 0 Å². The quantitative estimate of drug-likeness (QED) is 0.381. The van der Waals surface area contributed by atoms with Crippen molar-refractivity contribution in [1.82, 2.24) is 0 Å². The highest BCUT2D eigenvalue weighted by Gasteiger charge is 2.33. The Balaban J connectivity index is 3.39. The Kier molecular flexibility index (Phi) is 2.96. The third kappa shape index (κ3) is 7.74. The fourth-order valence-corrected chi connectivity index (χ4v) is 0.425. The Morgan fingerprint density at radius 3 is 2.00 bits per heavy atom. The van der Waals surface area contributed by atoms with Crippen LogP contribution in [-0.4, -0.2) is 32.4 Å². The van der Waals surface area contributed by atoms with E-state index in [1.54, 1.807) is 0 Å². The lowest BCUT2D eigenvalue weighted by Gasteiger charge is -1.97. The molecule has 0 aliphatic rings. The molecule has 4 N–H and O–H groups in total. The minimum absolute atomic E-state index is 0.919. The first kappa shape index (κ1) is 8.74. The molecule has 0 rings (SSSR count). The van der Waals surface area contributed by atoms with E-state index in [4.69, 9.17) is 19.8 Å². The minimum atomic E-state index is -4.35. The highest BCUT2D eigenvalue weighted by Crippen LogP contribution is 2.45. The van der Waals surface area contributed by atoms with Gasteiger partial charge in [0.05, 0.1) is 0 Å². The van der Waals surface area contributed by atoms with Crippen LogP contribution in [-0.2, 0) is 9.32 Å². The van der Waals surface area contributed by atoms with Crippen molar-refractivity contribution in [3.63, 3.8) is 0 Å². The minimum Gasteiger partial charge on any atom is -0.479 e. The summed E-state index contributed by atoms with van der Waals surface area (Å²) in [5.74, 6) is -1.38. The van der Waals surface area contributed by atoms with E-state index in [9.17, 15) is 4.79 Å². The molecule has 0 aliphatic heterocycles. The third-order valence-electron chi connectivity index (χ3n) is 0.361. The van der Waals surface area contributed by atoms with Gasteiger partial charge >= 0.3 is 14.1 Å². The van der Waals surface area contributed by atoms with Gasteiger partial charge in [-0.25, -0.2) is 4.79 Å². The molecule has 0 unspecified atom stereocenters. The molecule has 0 aromatic carbocycles. The summed E-state index contributed by atoms with van der Waals surface area (Å²) in [5, 5.41) is 7.84. The number of hydrogen-bond donors (Lipinski definition) is 4. The molecule has 54 valence electrons. The lowest BCUT2D eigenvalue weighted by Crippen LogP contribution is -2.07. The molecule has 0 amide bonds. The summed E-state index contributed by atoms with van der Waals surface area (Å²) in [5.41, 5.74) is 0. The first-order chi connectivity index (χ1) is 3.92. The van der Waals surface area contributed by atoms with Gasteiger partial charge in [0.15, 0.2) is 6.61 Å². The zero-order valence-corrected chi connectivity index (χ0v) is 5.15. The van der Waals surface area contributed by atoms with Crippen molar-refractivity contribution in [1.29, 1.82) is 0 Å². The first-order valence-corrected chi connectivity index (χ1v) is 3.42. The van der Waals surface area contributed by atoms with Gasteiger partial charge in [0.2, 0.25) is 0 Å². The summed E-state index contributed by atoms with van der Waals surface area (Å²) < 4.78 is 3.67. The predicted molar refractivity (Wildman–Crippen MR) is 27.2 cm³/mol. The van der Waals surface area contributed by atoms with Crippen LogP contribution >= 0.6 is 8.17 Å². The zero-order chi connectivity index (χ0) is 7.49. The lowest BCUT2D eigenvalue weighted by atomic mass is 10.8. The average molecular weight is 157 g/mol. The van der Waals surface area contributed by atoms with E-state index in [-0.39, 0.29) is 0 Å². The number of carbonyl (C=O) groups is 1. The molecule has 0 saturated carbocycles. The first-order valence-electron chi connectivity index (χ1n) is 1.85. The van der Waals surface area contributed by atoms with E-state index in [1.165, 1.54) is 0 Å². The zero-order valence-electron chi connectivity index (χ0n) is 4.26. The van der Waals surface area contributed by atoms with Gasteiger partial charge in [-0.2, -0.15) is 14.7 Å². The topological polar surface area (TPSA) is 107 Å². The summed E-state index contributed by atoms with van der Waals surface area (Å²) >= 11 is 0. The van der Waals surface area contributed by atoms with Crippen LogP contribution in [0.2, 0.25) is 0 Å². The molecule has 0 bridgehead atoms. The Morgan fingerprint density at radius 2 is 1.89 bits per heavy atom. The molecule has 0 radical (unpaired) electrons. The SMILES string of the molecule is O=C(O)CO[P+](O)(O)O. The summed E-state index contributed by atoms with van der Waals surface area (Å²) in [4.78, 5) is 33.6. The van der Waals surface area contributed by atoms with Crippen molar-refractivity contribution in [2.75, 3.05) is 6.61 Å². The van der Waals surface area contributed by atoms with Gasteiger partial charge in [-0.15, -0.1) is 4.52 Å². The second kappa shape index (κ2) is 3.05. The summed E-state index contributed by atoms with van der Waals surface area (Å²) in [6.45, 7) is -0.919. The Bertz CT molecular complexity index is 104. The maximum absolute atomic E-state index is 9.61. The number of aliphatic carboxylic acids is 1. The molecule has 0 aliphatic carbocycles. The van der Waals surface area contributed by atoms with Crippen molar-refractivity contribution < 1.29 is 29.1 Å². The van der Waals surface area contributed by atoms with Gasteiger partial charge in [-0.3, -0.25) is 0 Å². The molecule has 0 atom stereocenters. The van der Waals surface area contributed by atoms with Crippen LogP contribution in [0, 0.1) is 0 Å². The van der Waals surface area contributed by atoms with Crippen LogP contribution in [0.5, 0.6) is 0 Å². The molecular weight excluding hydrogens is 151 g/mol. The van der Waals surface area contributed by atoms with Crippen molar-refractivity contribution in [3.05, 3.63) is 0 Å². The maximum Gasteiger partial charge on any atom is 0.567 e. The van der Waals surface area contributed by atoms with Crippen LogP contribution in [0.25, 0.3) is 0 Å². The maximum atomic E-state index is 9.61. The number of carboxylic acid groups (broad SMARTS) is 1. The summed E-state index contributed by atoms with van der Waals surface area (Å²) in [6, 6.07) is 0.